The van der Waals surface area contributed by atoms with Gasteiger partial charge in [0.15, 0.2) is 0 Å². The van der Waals surface area contributed by atoms with Crippen molar-refractivity contribution in [2.24, 2.45) is 0 Å². The lowest BCUT2D eigenvalue weighted by atomic mass is 10.2. The zero-order valence-electron chi connectivity index (χ0n) is 14.6. The van der Waals surface area contributed by atoms with Gasteiger partial charge in [-0.3, -0.25) is 14.9 Å². The molecule has 1 aromatic heterocycles. The molecular formula is C17H16N6O3S. The van der Waals surface area contributed by atoms with E-state index in [9.17, 15) is 14.9 Å². The van der Waals surface area contributed by atoms with E-state index in [2.05, 4.69) is 20.8 Å². The number of aromatic nitrogens is 4. The van der Waals surface area contributed by atoms with E-state index in [1.165, 1.54) is 30.0 Å². The lowest BCUT2D eigenvalue weighted by Gasteiger charge is -2.12. The fourth-order valence-electron chi connectivity index (χ4n) is 2.36. The van der Waals surface area contributed by atoms with Crippen LogP contribution in [-0.2, 0) is 4.79 Å². The van der Waals surface area contributed by atoms with Gasteiger partial charge in [-0.2, -0.15) is 4.68 Å². The fraction of sp³-hybridized carbons (Fsp3) is 0.176. The van der Waals surface area contributed by atoms with E-state index in [1.807, 2.05) is 31.2 Å². The SMILES string of the molecule is Cc1ccccc1-n1nnnc1SC(C)C(=O)Nc1cccc([N+](=O)[O-])c1. The van der Waals surface area contributed by atoms with Crippen LogP contribution in [0.5, 0.6) is 0 Å². The van der Waals surface area contributed by atoms with Gasteiger partial charge in [0.05, 0.1) is 15.9 Å². The third-order valence-corrected chi connectivity index (χ3v) is 4.79. The summed E-state index contributed by atoms with van der Waals surface area (Å²) in [5.41, 5.74) is 2.10. The molecule has 3 aromatic rings. The Morgan fingerprint density at radius 1 is 1.26 bits per heavy atom. The Hall–Kier alpha value is -3.27. The highest BCUT2D eigenvalue weighted by Gasteiger charge is 2.20. The molecule has 3 rings (SSSR count). The van der Waals surface area contributed by atoms with Crippen LogP contribution in [0.2, 0.25) is 0 Å². The smallest absolute Gasteiger partial charge is 0.271 e. The molecule has 1 amide bonds. The van der Waals surface area contributed by atoms with Crippen molar-refractivity contribution in [2.45, 2.75) is 24.3 Å². The summed E-state index contributed by atoms with van der Waals surface area (Å²) in [6, 6.07) is 13.4. The van der Waals surface area contributed by atoms with Crippen LogP contribution in [0, 0.1) is 17.0 Å². The summed E-state index contributed by atoms with van der Waals surface area (Å²) in [5, 5.41) is 25.2. The summed E-state index contributed by atoms with van der Waals surface area (Å²) < 4.78 is 1.58. The highest BCUT2D eigenvalue weighted by atomic mass is 32.2. The van der Waals surface area contributed by atoms with Crippen LogP contribution >= 0.6 is 11.8 Å². The van der Waals surface area contributed by atoms with Gasteiger partial charge in [-0.15, -0.1) is 5.10 Å². The summed E-state index contributed by atoms with van der Waals surface area (Å²) >= 11 is 1.20. The summed E-state index contributed by atoms with van der Waals surface area (Å²) in [4.78, 5) is 22.8. The molecule has 0 fully saturated rings. The van der Waals surface area contributed by atoms with Gasteiger partial charge < -0.3 is 5.32 Å². The second-order valence-electron chi connectivity index (χ2n) is 5.72. The van der Waals surface area contributed by atoms with E-state index >= 15 is 0 Å². The van der Waals surface area contributed by atoms with Crippen LogP contribution in [-0.4, -0.2) is 36.3 Å². The summed E-state index contributed by atoms with van der Waals surface area (Å²) in [7, 11) is 0. The van der Waals surface area contributed by atoms with Crippen LogP contribution in [0.1, 0.15) is 12.5 Å². The predicted molar refractivity (Wildman–Crippen MR) is 101 cm³/mol. The standard InChI is InChI=1S/C17H16N6O3S/c1-11-6-3-4-9-15(11)22-17(19-20-21-22)27-12(2)16(24)18-13-7-5-8-14(10-13)23(25)26/h3-10,12H,1-2H3,(H,18,24). The van der Waals surface area contributed by atoms with Crippen molar-refractivity contribution >= 4 is 29.0 Å². The number of nitrogens with zero attached hydrogens (tertiary/aromatic N) is 5. The summed E-state index contributed by atoms with van der Waals surface area (Å²) in [6.45, 7) is 3.66. The summed E-state index contributed by atoms with van der Waals surface area (Å²) in [6.07, 6.45) is 0. The molecule has 1 heterocycles. The Labute approximate surface area is 158 Å². The lowest BCUT2D eigenvalue weighted by Crippen LogP contribution is -2.23. The lowest BCUT2D eigenvalue weighted by molar-refractivity contribution is -0.384. The highest BCUT2D eigenvalue weighted by molar-refractivity contribution is 8.00. The van der Waals surface area contributed by atoms with Crippen molar-refractivity contribution in [2.75, 3.05) is 5.32 Å². The number of aryl methyl sites for hydroxylation is 1. The first-order valence-electron chi connectivity index (χ1n) is 8.02. The molecule has 1 N–H and O–H groups in total. The first-order chi connectivity index (χ1) is 13.0. The maximum Gasteiger partial charge on any atom is 0.271 e. The molecule has 0 aliphatic rings. The topological polar surface area (TPSA) is 116 Å². The Kier molecular flexibility index (Phi) is 5.46. The van der Waals surface area contributed by atoms with Gasteiger partial charge in [0.25, 0.3) is 5.69 Å². The quantitative estimate of drug-likeness (QED) is 0.394. The molecule has 0 radical (unpaired) electrons. The first-order valence-corrected chi connectivity index (χ1v) is 8.90. The third-order valence-electron chi connectivity index (χ3n) is 3.76. The molecule has 138 valence electrons. The number of nitrogens with one attached hydrogen (secondary N) is 1. The van der Waals surface area contributed by atoms with Gasteiger partial charge in [-0.25, -0.2) is 0 Å². The van der Waals surface area contributed by atoms with Crippen molar-refractivity contribution in [3.8, 4) is 5.69 Å². The maximum absolute atomic E-state index is 12.5. The minimum absolute atomic E-state index is 0.0865. The Balaban J connectivity index is 1.73. The average Bonchev–Trinajstić information content (AvgIpc) is 3.10. The number of amides is 1. The number of thioether (sulfide) groups is 1. The number of hydrogen-bond acceptors (Lipinski definition) is 7. The van der Waals surface area contributed by atoms with Crippen LogP contribution in [0.15, 0.2) is 53.7 Å². The third kappa shape index (κ3) is 4.29. The van der Waals surface area contributed by atoms with Gasteiger partial charge in [0, 0.05) is 17.8 Å². The highest BCUT2D eigenvalue weighted by Crippen LogP contribution is 2.25. The second kappa shape index (κ2) is 7.96. The number of benzene rings is 2. The van der Waals surface area contributed by atoms with Crippen molar-refractivity contribution in [1.82, 2.24) is 20.2 Å². The number of nitro groups is 1. The van der Waals surface area contributed by atoms with E-state index in [1.54, 1.807) is 17.7 Å². The normalized spacial score (nSPS) is 11.8. The van der Waals surface area contributed by atoms with Crippen molar-refractivity contribution < 1.29 is 9.72 Å². The van der Waals surface area contributed by atoms with Crippen LogP contribution in [0.4, 0.5) is 11.4 Å². The van der Waals surface area contributed by atoms with Gasteiger partial charge in [0.2, 0.25) is 11.1 Å². The first kappa shape index (κ1) is 18.5. The molecule has 0 saturated heterocycles. The van der Waals surface area contributed by atoms with E-state index in [0.29, 0.717) is 10.8 Å². The van der Waals surface area contributed by atoms with Gasteiger partial charge in [-0.1, -0.05) is 36.0 Å². The van der Waals surface area contributed by atoms with Crippen LogP contribution in [0.25, 0.3) is 5.69 Å². The van der Waals surface area contributed by atoms with Crippen molar-refractivity contribution in [3.05, 3.63) is 64.2 Å². The van der Waals surface area contributed by atoms with Gasteiger partial charge in [-0.05, 0) is 42.0 Å². The van der Waals surface area contributed by atoms with E-state index in [4.69, 9.17) is 0 Å². The Morgan fingerprint density at radius 2 is 2.04 bits per heavy atom. The molecule has 27 heavy (non-hydrogen) atoms. The number of hydrogen-bond donors (Lipinski definition) is 1. The number of anilines is 1. The molecule has 1 atom stereocenters. The van der Waals surface area contributed by atoms with Crippen molar-refractivity contribution in [1.29, 1.82) is 0 Å². The number of rotatable bonds is 6. The van der Waals surface area contributed by atoms with Crippen LogP contribution < -0.4 is 5.32 Å². The molecule has 1 unspecified atom stereocenters. The molecular weight excluding hydrogens is 368 g/mol. The molecule has 0 bridgehead atoms. The molecule has 0 saturated carbocycles. The molecule has 0 spiro atoms. The van der Waals surface area contributed by atoms with E-state index in [-0.39, 0.29) is 11.6 Å². The predicted octanol–water partition coefficient (Wildman–Crippen LogP) is 3.00. The van der Waals surface area contributed by atoms with Crippen LogP contribution in [0.3, 0.4) is 0 Å². The monoisotopic (exact) mass is 384 g/mol. The van der Waals surface area contributed by atoms with E-state index < -0.39 is 10.2 Å². The van der Waals surface area contributed by atoms with Crippen molar-refractivity contribution in [3.63, 3.8) is 0 Å². The number of carbonyl (C=O) groups excluding carboxylic acids is 1. The number of carbonyl (C=O) groups is 1. The van der Waals surface area contributed by atoms with Gasteiger partial charge in [0.1, 0.15) is 0 Å². The average molecular weight is 384 g/mol. The largest absolute Gasteiger partial charge is 0.325 e. The second-order valence-corrected chi connectivity index (χ2v) is 7.02. The summed E-state index contributed by atoms with van der Waals surface area (Å²) in [5.74, 6) is -0.306. The minimum Gasteiger partial charge on any atom is -0.325 e. The number of para-hydroxylation sites is 1. The Bertz CT molecular complexity index is 990. The molecule has 10 heteroatoms. The molecule has 2 aromatic carbocycles. The number of nitro benzene ring substituents is 1. The zero-order chi connectivity index (χ0) is 19.4. The fourth-order valence-corrected chi connectivity index (χ4v) is 3.16. The zero-order valence-corrected chi connectivity index (χ0v) is 15.4. The van der Waals surface area contributed by atoms with Gasteiger partial charge >= 0.3 is 0 Å². The minimum atomic E-state index is -0.516. The van der Waals surface area contributed by atoms with E-state index in [0.717, 1.165) is 11.3 Å². The number of non-ortho nitro benzene ring substituents is 1. The Morgan fingerprint density at radius 3 is 2.78 bits per heavy atom. The number of tetrazole rings is 1. The molecule has 0 aliphatic carbocycles. The maximum atomic E-state index is 12.5. The molecule has 9 nitrogen and oxygen atoms in total. The molecule has 0 aliphatic heterocycles.